The molecule has 1 fully saturated rings. The number of piperazine rings is 1. The third-order valence-electron chi connectivity index (χ3n) is 4.08. The normalized spacial score (nSPS) is 17.9. The van der Waals surface area contributed by atoms with E-state index in [1.165, 1.54) is 12.1 Å². The van der Waals surface area contributed by atoms with E-state index < -0.39 is 0 Å². The molecule has 0 bridgehead atoms. The molecule has 1 heterocycles. The highest BCUT2D eigenvalue weighted by molar-refractivity contribution is 5.78. The van der Waals surface area contributed by atoms with Gasteiger partial charge in [-0.3, -0.25) is 14.6 Å². The number of aliphatic hydroxyl groups is 1. The largest absolute Gasteiger partial charge is 0.392 e. The molecule has 1 N–H and O–H groups in total. The van der Waals surface area contributed by atoms with Crippen molar-refractivity contribution in [2.45, 2.75) is 19.6 Å². The van der Waals surface area contributed by atoms with Crippen LogP contribution in [0.5, 0.6) is 0 Å². The van der Waals surface area contributed by atoms with Crippen LogP contribution in [0, 0.1) is 5.82 Å². The molecule has 1 aliphatic heterocycles. The highest BCUT2D eigenvalue weighted by Gasteiger charge is 2.21. The summed E-state index contributed by atoms with van der Waals surface area (Å²) in [7, 11) is 1.75. The first kappa shape index (κ1) is 17.8. The Kier molecular flexibility index (Phi) is 6.50. The number of hydrogen-bond donors (Lipinski definition) is 1. The van der Waals surface area contributed by atoms with Crippen LogP contribution in [0.2, 0.25) is 0 Å². The van der Waals surface area contributed by atoms with Crippen molar-refractivity contribution in [2.75, 3.05) is 46.3 Å². The van der Waals surface area contributed by atoms with Crippen LogP contribution >= 0.6 is 0 Å². The minimum absolute atomic E-state index is 0.0400. The minimum Gasteiger partial charge on any atom is -0.392 e. The molecule has 1 aliphatic rings. The van der Waals surface area contributed by atoms with Gasteiger partial charge < -0.3 is 10.0 Å². The van der Waals surface area contributed by atoms with Crippen molar-refractivity contribution in [1.29, 1.82) is 0 Å². The summed E-state index contributed by atoms with van der Waals surface area (Å²) in [6.45, 7) is 6.65. The number of amides is 1. The van der Waals surface area contributed by atoms with E-state index in [0.717, 1.165) is 31.7 Å². The lowest BCUT2D eigenvalue weighted by atomic mass is 10.2. The number of carbonyl (C=O) groups is 1. The zero-order chi connectivity index (χ0) is 16.8. The molecule has 0 unspecified atom stereocenters. The molecule has 0 aliphatic carbocycles. The first-order chi connectivity index (χ1) is 10.9. The fourth-order valence-electron chi connectivity index (χ4n) is 2.81. The summed E-state index contributed by atoms with van der Waals surface area (Å²) in [4.78, 5) is 18.3. The molecule has 0 radical (unpaired) electrons. The molecule has 0 aromatic heterocycles. The third kappa shape index (κ3) is 5.89. The quantitative estimate of drug-likeness (QED) is 0.841. The lowest BCUT2D eigenvalue weighted by molar-refractivity contribution is -0.132. The van der Waals surface area contributed by atoms with Gasteiger partial charge in [0.15, 0.2) is 0 Å². The van der Waals surface area contributed by atoms with E-state index in [4.69, 9.17) is 0 Å². The second-order valence-corrected chi connectivity index (χ2v) is 6.31. The Morgan fingerprint density at radius 1 is 1.30 bits per heavy atom. The topological polar surface area (TPSA) is 47.0 Å². The lowest BCUT2D eigenvalue weighted by Crippen LogP contribution is -2.50. The summed E-state index contributed by atoms with van der Waals surface area (Å²) in [5.41, 5.74) is 0.794. The summed E-state index contributed by atoms with van der Waals surface area (Å²) < 4.78 is 13.2. The fraction of sp³-hybridized carbons (Fsp3) is 0.588. The van der Waals surface area contributed by atoms with Crippen LogP contribution in [0.3, 0.4) is 0 Å². The van der Waals surface area contributed by atoms with Crippen molar-refractivity contribution in [2.24, 2.45) is 0 Å². The van der Waals surface area contributed by atoms with E-state index in [9.17, 15) is 14.3 Å². The van der Waals surface area contributed by atoms with Crippen molar-refractivity contribution in [3.05, 3.63) is 35.6 Å². The van der Waals surface area contributed by atoms with Crippen LogP contribution in [-0.4, -0.2) is 78.1 Å². The van der Waals surface area contributed by atoms with Crippen LogP contribution in [-0.2, 0) is 11.3 Å². The molecule has 1 saturated heterocycles. The zero-order valence-corrected chi connectivity index (χ0v) is 13.9. The van der Waals surface area contributed by atoms with Gasteiger partial charge in [-0.1, -0.05) is 12.1 Å². The summed E-state index contributed by atoms with van der Waals surface area (Å²) >= 11 is 0. The van der Waals surface area contributed by atoms with Gasteiger partial charge in [-0.2, -0.15) is 0 Å². The van der Waals surface area contributed by atoms with Gasteiger partial charge in [0, 0.05) is 46.3 Å². The third-order valence-corrected chi connectivity index (χ3v) is 4.08. The SMILES string of the molecule is C[C@H](O)CN1CCN(CC(=O)N(C)Cc2cccc(F)c2)CC1. The average molecular weight is 323 g/mol. The Hall–Kier alpha value is -1.50. The molecule has 1 amide bonds. The van der Waals surface area contributed by atoms with E-state index in [-0.39, 0.29) is 17.8 Å². The summed E-state index contributed by atoms with van der Waals surface area (Å²) in [5.74, 6) is -0.240. The van der Waals surface area contributed by atoms with Crippen molar-refractivity contribution in [3.8, 4) is 0 Å². The van der Waals surface area contributed by atoms with Crippen LogP contribution in [0.4, 0.5) is 4.39 Å². The van der Waals surface area contributed by atoms with Crippen LogP contribution < -0.4 is 0 Å². The molecule has 2 rings (SSSR count). The lowest BCUT2D eigenvalue weighted by Gasteiger charge is -2.35. The van der Waals surface area contributed by atoms with Crippen molar-refractivity contribution in [3.63, 3.8) is 0 Å². The van der Waals surface area contributed by atoms with Crippen molar-refractivity contribution in [1.82, 2.24) is 14.7 Å². The molecule has 1 aromatic rings. The van der Waals surface area contributed by atoms with E-state index >= 15 is 0 Å². The fourth-order valence-corrected chi connectivity index (χ4v) is 2.81. The van der Waals surface area contributed by atoms with Gasteiger partial charge in [-0.25, -0.2) is 4.39 Å². The van der Waals surface area contributed by atoms with Crippen LogP contribution in [0.1, 0.15) is 12.5 Å². The van der Waals surface area contributed by atoms with E-state index in [1.807, 2.05) is 6.07 Å². The van der Waals surface area contributed by atoms with E-state index in [1.54, 1.807) is 24.9 Å². The number of nitrogens with zero attached hydrogens (tertiary/aromatic N) is 3. The molecule has 128 valence electrons. The Balaban J connectivity index is 1.76. The number of carbonyl (C=O) groups excluding carboxylic acids is 1. The van der Waals surface area contributed by atoms with Gasteiger partial charge in [0.25, 0.3) is 0 Å². The standard InChI is InChI=1S/C17H26FN3O2/c1-14(22)11-20-6-8-21(9-7-20)13-17(23)19(2)12-15-4-3-5-16(18)10-15/h3-5,10,14,22H,6-9,11-13H2,1-2H3/t14-/m0/s1. The predicted octanol–water partition coefficient (Wildman–Crippen LogP) is 0.782. The van der Waals surface area contributed by atoms with Gasteiger partial charge in [-0.15, -0.1) is 0 Å². The van der Waals surface area contributed by atoms with Gasteiger partial charge in [0.05, 0.1) is 12.6 Å². The number of hydrogen-bond acceptors (Lipinski definition) is 4. The molecule has 1 aromatic carbocycles. The van der Waals surface area contributed by atoms with Crippen LogP contribution in [0.25, 0.3) is 0 Å². The maximum Gasteiger partial charge on any atom is 0.236 e. The van der Waals surface area contributed by atoms with Gasteiger partial charge in [0.1, 0.15) is 5.82 Å². The van der Waals surface area contributed by atoms with Crippen LogP contribution in [0.15, 0.2) is 24.3 Å². The second-order valence-electron chi connectivity index (χ2n) is 6.31. The maximum atomic E-state index is 13.2. The molecule has 1 atom stereocenters. The van der Waals surface area contributed by atoms with E-state index in [2.05, 4.69) is 9.80 Å². The summed E-state index contributed by atoms with van der Waals surface area (Å²) in [5, 5.41) is 9.41. The zero-order valence-electron chi connectivity index (χ0n) is 13.9. The average Bonchev–Trinajstić information content (AvgIpc) is 2.48. The number of likely N-dealkylation sites (N-methyl/N-ethyl adjacent to an activating group) is 1. The van der Waals surface area contributed by atoms with Gasteiger partial charge in [0.2, 0.25) is 5.91 Å². The summed E-state index contributed by atoms with van der Waals surface area (Å²) in [6, 6.07) is 6.34. The molecule has 5 nitrogen and oxygen atoms in total. The molecule has 23 heavy (non-hydrogen) atoms. The second kappa shape index (κ2) is 8.38. The molecule has 0 spiro atoms. The van der Waals surface area contributed by atoms with Gasteiger partial charge in [-0.05, 0) is 24.6 Å². The van der Waals surface area contributed by atoms with Crippen molar-refractivity contribution < 1.29 is 14.3 Å². The first-order valence-electron chi connectivity index (χ1n) is 8.05. The van der Waals surface area contributed by atoms with Gasteiger partial charge >= 0.3 is 0 Å². The number of halogens is 1. The highest BCUT2D eigenvalue weighted by Crippen LogP contribution is 2.08. The molecule has 6 heteroatoms. The Morgan fingerprint density at radius 2 is 1.96 bits per heavy atom. The first-order valence-corrected chi connectivity index (χ1v) is 8.05. The maximum absolute atomic E-state index is 13.2. The molecular weight excluding hydrogens is 297 g/mol. The number of benzene rings is 1. The minimum atomic E-state index is -0.319. The monoisotopic (exact) mass is 323 g/mol. The Bertz CT molecular complexity index is 516. The number of rotatable bonds is 6. The number of aliphatic hydroxyl groups excluding tert-OH is 1. The molecular formula is C17H26FN3O2. The Labute approximate surface area is 137 Å². The number of β-amino-alcohol motifs (C(OH)–C–C–N with tert-alkyl or cyclic N) is 1. The van der Waals surface area contributed by atoms with Crippen molar-refractivity contribution >= 4 is 5.91 Å². The smallest absolute Gasteiger partial charge is 0.236 e. The Morgan fingerprint density at radius 3 is 2.57 bits per heavy atom. The predicted molar refractivity (Wildman–Crippen MR) is 87.4 cm³/mol. The summed E-state index contributed by atoms with van der Waals surface area (Å²) in [6.07, 6.45) is -0.319. The highest BCUT2D eigenvalue weighted by atomic mass is 19.1. The van der Waals surface area contributed by atoms with E-state index in [0.29, 0.717) is 19.6 Å². The molecule has 0 saturated carbocycles.